The Labute approximate surface area is 135 Å². The summed E-state index contributed by atoms with van der Waals surface area (Å²) in [5.41, 5.74) is 2.29. The molecule has 0 aliphatic carbocycles. The highest BCUT2D eigenvalue weighted by Gasteiger charge is 2.14. The molecule has 0 radical (unpaired) electrons. The summed E-state index contributed by atoms with van der Waals surface area (Å²) < 4.78 is 0. The molecule has 0 N–H and O–H groups in total. The van der Waals surface area contributed by atoms with Crippen molar-refractivity contribution in [2.75, 3.05) is 0 Å². The van der Waals surface area contributed by atoms with Gasteiger partial charge < -0.3 is 0 Å². The normalized spacial score (nSPS) is 12.0. The van der Waals surface area contributed by atoms with Crippen molar-refractivity contribution in [3.63, 3.8) is 0 Å². The second-order valence-corrected chi connectivity index (χ2v) is 5.80. The molecule has 0 amide bonds. The lowest BCUT2D eigenvalue weighted by Gasteiger charge is -2.17. The molecule has 3 heteroatoms. The van der Waals surface area contributed by atoms with E-state index in [0.717, 1.165) is 37.2 Å². The van der Waals surface area contributed by atoms with E-state index in [1.807, 2.05) is 25.3 Å². The lowest BCUT2D eigenvalue weighted by Crippen LogP contribution is -2.10. The summed E-state index contributed by atoms with van der Waals surface area (Å²) in [5, 5.41) is 0. The van der Waals surface area contributed by atoms with Crippen LogP contribution in [-0.2, 0) is 17.6 Å². The fraction of sp³-hybridized carbons (Fsp3) is 0.632. The van der Waals surface area contributed by atoms with E-state index >= 15 is 0 Å². The quantitative estimate of drug-likeness (QED) is 0.588. The van der Waals surface area contributed by atoms with Crippen LogP contribution in [0.15, 0.2) is 23.9 Å². The third-order valence-electron chi connectivity index (χ3n) is 4.12. The van der Waals surface area contributed by atoms with Crippen LogP contribution in [0.4, 0.5) is 0 Å². The summed E-state index contributed by atoms with van der Waals surface area (Å²) >= 11 is 0. The Kier molecular flexibility index (Phi) is 8.64. The molecule has 0 atom stereocenters. The molecule has 0 saturated carbocycles. The fourth-order valence-corrected chi connectivity index (χ4v) is 2.64. The van der Waals surface area contributed by atoms with Crippen molar-refractivity contribution in [3.05, 3.63) is 35.4 Å². The summed E-state index contributed by atoms with van der Waals surface area (Å²) in [5.74, 6) is 1.48. The first-order valence-corrected chi connectivity index (χ1v) is 8.68. The van der Waals surface area contributed by atoms with Gasteiger partial charge in [0.05, 0.1) is 0 Å². The molecular weight excluding hydrogens is 272 g/mol. The zero-order chi connectivity index (χ0) is 16.4. The Balaban J connectivity index is 2.93. The average Bonchev–Trinajstić information content (AvgIpc) is 2.54. The molecule has 0 aromatic carbocycles. The monoisotopic (exact) mass is 302 g/mol. The van der Waals surface area contributed by atoms with Gasteiger partial charge in [0, 0.05) is 24.7 Å². The van der Waals surface area contributed by atoms with Crippen LogP contribution in [0.5, 0.6) is 0 Å². The highest BCUT2D eigenvalue weighted by atomic mass is 16.1. The molecule has 0 unspecified atom stereocenters. The second kappa shape index (κ2) is 10.3. The van der Waals surface area contributed by atoms with Crippen LogP contribution in [0.3, 0.4) is 0 Å². The molecule has 1 aromatic rings. The van der Waals surface area contributed by atoms with Gasteiger partial charge in [-0.2, -0.15) is 0 Å². The minimum Gasteiger partial charge on any atom is -0.295 e. The summed E-state index contributed by atoms with van der Waals surface area (Å²) in [7, 11) is 0. The first kappa shape index (κ1) is 18.5. The number of hydrogen-bond acceptors (Lipinski definition) is 3. The van der Waals surface area contributed by atoms with Crippen molar-refractivity contribution in [2.45, 2.75) is 72.6 Å². The van der Waals surface area contributed by atoms with Crippen LogP contribution in [0.2, 0.25) is 0 Å². The minimum absolute atomic E-state index is 0.198. The number of aromatic nitrogens is 2. The van der Waals surface area contributed by atoms with Gasteiger partial charge in [0.15, 0.2) is 5.78 Å². The van der Waals surface area contributed by atoms with Gasteiger partial charge in [-0.05, 0) is 43.7 Å². The van der Waals surface area contributed by atoms with Gasteiger partial charge in [-0.15, -0.1) is 0 Å². The number of rotatable bonds is 10. The molecule has 0 fully saturated rings. The van der Waals surface area contributed by atoms with E-state index in [-0.39, 0.29) is 5.78 Å². The highest BCUT2D eigenvalue weighted by molar-refractivity contribution is 5.90. The number of hydrogen-bond donors (Lipinski definition) is 0. The summed E-state index contributed by atoms with van der Waals surface area (Å²) in [4.78, 5) is 20.9. The van der Waals surface area contributed by atoms with E-state index in [4.69, 9.17) is 0 Å². The molecular formula is C19H30N2O. The highest BCUT2D eigenvalue weighted by Crippen LogP contribution is 2.22. The van der Waals surface area contributed by atoms with Gasteiger partial charge in [-0.1, -0.05) is 39.7 Å². The molecule has 122 valence electrons. The molecule has 22 heavy (non-hydrogen) atoms. The lowest BCUT2D eigenvalue weighted by atomic mass is 9.90. The molecule has 1 rings (SSSR count). The van der Waals surface area contributed by atoms with E-state index in [1.165, 1.54) is 12.0 Å². The smallest absolute Gasteiger partial charge is 0.155 e. The molecule has 1 aromatic heterocycles. The van der Waals surface area contributed by atoms with Crippen molar-refractivity contribution in [3.8, 4) is 0 Å². The Morgan fingerprint density at radius 3 is 2.55 bits per heavy atom. The zero-order valence-electron chi connectivity index (χ0n) is 14.6. The van der Waals surface area contributed by atoms with E-state index in [9.17, 15) is 4.79 Å². The first-order valence-electron chi connectivity index (χ1n) is 8.68. The average molecular weight is 302 g/mol. The minimum atomic E-state index is 0.198. The molecule has 0 saturated heterocycles. The third-order valence-corrected chi connectivity index (χ3v) is 4.12. The van der Waals surface area contributed by atoms with Gasteiger partial charge in [-0.3, -0.25) is 4.79 Å². The number of carbonyl (C=O) groups is 1. The van der Waals surface area contributed by atoms with Gasteiger partial charge in [0.2, 0.25) is 0 Å². The second-order valence-electron chi connectivity index (χ2n) is 5.80. The lowest BCUT2D eigenvalue weighted by molar-refractivity contribution is -0.114. The standard InChI is InChI=1S/C19H30N2O/c1-5-9-10-17-11-12-20-19(21-17)14-16(13-18(22)8-4)15(6-2)7-3/h11-13,15H,5-10,14H2,1-4H3/b16-13-. The third kappa shape index (κ3) is 6.08. The van der Waals surface area contributed by atoms with Crippen LogP contribution >= 0.6 is 0 Å². The molecule has 1 heterocycles. The first-order chi connectivity index (χ1) is 10.6. The topological polar surface area (TPSA) is 42.9 Å². The van der Waals surface area contributed by atoms with Crippen LogP contribution in [-0.4, -0.2) is 15.8 Å². The zero-order valence-corrected chi connectivity index (χ0v) is 14.6. The molecule has 0 bridgehead atoms. The number of aryl methyl sites for hydroxylation is 1. The molecule has 0 spiro atoms. The maximum atomic E-state index is 11.8. The van der Waals surface area contributed by atoms with Gasteiger partial charge >= 0.3 is 0 Å². The van der Waals surface area contributed by atoms with Crippen molar-refractivity contribution in [2.24, 2.45) is 5.92 Å². The van der Waals surface area contributed by atoms with Crippen LogP contribution in [0.25, 0.3) is 0 Å². The number of carbonyl (C=O) groups excluding carboxylic acids is 1. The van der Waals surface area contributed by atoms with Crippen LogP contribution < -0.4 is 0 Å². The fourth-order valence-electron chi connectivity index (χ4n) is 2.64. The van der Waals surface area contributed by atoms with Crippen molar-refractivity contribution < 1.29 is 4.79 Å². The van der Waals surface area contributed by atoms with E-state index in [2.05, 4.69) is 30.7 Å². The van der Waals surface area contributed by atoms with Gasteiger partial charge in [0.1, 0.15) is 5.82 Å². The predicted octanol–water partition coefficient (Wildman–Crippen LogP) is 4.70. The van der Waals surface area contributed by atoms with Crippen molar-refractivity contribution in [1.29, 1.82) is 0 Å². The van der Waals surface area contributed by atoms with Gasteiger partial charge in [-0.25, -0.2) is 9.97 Å². The Morgan fingerprint density at radius 1 is 1.23 bits per heavy atom. The Hall–Kier alpha value is -1.51. The molecule has 0 aliphatic rings. The van der Waals surface area contributed by atoms with Crippen LogP contribution in [0.1, 0.15) is 71.3 Å². The Morgan fingerprint density at radius 2 is 1.95 bits per heavy atom. The maximum Gasteiger partial charge on any atom is 0.155 e. The van der Waals surface area contributed by atoms with E-state index < -0.39 is 0 Å². The SMILES string of the molecule is CCCCc1ccnc(C/C(=C/C(=O)CC)C(CC)CC)n1. The summed E-state index contributed by atoms with van der Waals surface area (Å²) in [6.07, 6.45) is 10.4. The summed E-state index contributed by atoms with van der Waals surface area (Å²) in [6, 6.07) is 2.00. The number of allylic oxidation sites excluding steroid dienone is 2. The molecule has 3 nitrogen and oxygen atoms in total. The van der Waals surface area contributed by atoms with Gasteiger partial charge in [0.25, 0.3) is 0 Å². The largest absolute Gasteiger partial charge is 0.295 e. The van der Waals surface area contributed by atoms with E-state index in [1.54, 1.807) is 0 Å². The van der Waals surface area contributed by atoms with E-state index in [0.29, 0.717) is 18.8 Å². The summed E-state index contributed by atoms with van der Waals surface area (Å²) in [6.45, 7) is 8.45. The van der Waals surface area contributed by atoms with Crippen LogP contribution in [0, 0.1) is 5.92 Å². The van der Waals surface area contributed by atoms with Crippen molar-refractivity contribution in [1.82, 2.24) is 9.97 Å². The maximum absolute atomic E-state index is 11.8. The predicted molar refractivity (Wildman–Crippen MR) is 91.8 cm³/mol. The number of unbranched alkanes of at least 4 members (excludes halogenated alkanes) is 1. The molecule has 0 aliphatic heterocycles. The van der Waals surface area contributed by atoms with Crippen molar-refractivity contribution >= 4 is 5.78 Å². The number of nitrogens with zero attached hydrogens (tertiary/aromatic N) is 2. The Bertz CT molecular complexity index is 490. The number of ketones is 1.